The molecule has 0 spiro atoms. The number of tetrazole rings is 1. The second kappa shape index (κ2) is 7.15. The smallest absolute Gasteiger partial charge is 0.280 e. The van der Waals surface area contributed by atoms with E-state index in [-0.39, 0.29) is 23.4 Å². The number of hydrogen-bond acceptors (Lipinski definition) is 6. The maximum Gasteiger partial charge on any atom is 0.433 e. The summed E-state index contributed by atoms with van der Waals surface area (Å²) in [7, 11) is 1.25. The third kappa shape index (κ3) is 3.39. The van der Waals surface area contributed by atoms with Gasteiger partial charge < -0.3 is 0 Å². The number of para-hydroxylation sites is 1. The van der Waals surface area contributed by atoms with Crippen molar-refractivity contribution in [2.75, 3.05) is 0 Å². The number of aromatic nitrogens is 7. The molecular formula is C19H16F3N7O2. The zero-order chi connectivity index (χ0) is 22.5. The van der Waals surface area contributed by atoms with Gasteiger partial charge in [0, 0.05) is 7.05 Å². The fourth-order valence-electron chi connectivity index (χ4n) is 3.43. The van der Waals surface area contributed by atoms with Gasteiger partial charge in [-0.2, -0.15) is 17.9 Å². The Morgan fingerprint density at radius 2 is 1.71 bits per heavy atom. The van der Waals surface area contributed by atoms with Crippen LogP contribution in [0.5, 0.6) is 0 Å². The summed E-state index contributed by atoms with van der Waals surface area (Å²) in [6.07, 6.45) is -4.70. The topological polar surface area (TPSA) is 100 Å². The highest BCUT2D eigenvalue weighted by Crippen LogP contribution is 2.28. The third-order valence-electron chi connectivity index (χ3n) is 4.96. The summed E-state index contributed by atoms with van der Waals surface area (Å²) in [5.74, 6) is 0.218. The van der Waals surface area contributed by atoms with Crippen LogP contribution in [0.2, 0.25) is 0 Å². The molecule has 0 radical (unpaired) electrons. The summed E-state index contributed by atoms with van der Waals surface area (Å²) in [5.41, 5.74) is -0.672. The molecule has 9 nitrogen and oxygen atoms in total. The molecule has 0 saturated heterocycles. The van der Waals surface area contributed by atoms with Crippen LogP contribution in [0, 0.1) is 13.8 Å². The minimum Gasteiger partial charge on any atom is -0.280 e. The maximum atomic E-state index is 13.0. The Kier molecular flexibility index (Phi) is 4.71. The first kappa shape index (κ1) is 20.4. The molecule has 0 aliphatic carbocycles. The van der Waals surface area contributed by atoms with Gasteiger partial charge in [0.05, 0.1) is 17.6 Å². The molecule has 0 atom stereocenters. The summed E-state index contributed by atoms with van der Waals surface area (Å²) in [6, 6.07) is 7.35. The van der Waals surface area contributed by atoms with Crippen molar-refractivity contribution in [1.82, 2.24) is 34.3 Å². The molecule has 0 unspecified atom stereocenters. The number of benzene rings is 1. The first-order valence-corrected chi connectivity index (χ1v) is 9.11. The first-order valence-electron chi connectivity index (χ1n) is 9.11. The molecular weight excluding hydrogens is 415 g/mol. The van der Waals surface area contributed by atoms with Gasteiger partial charge in [0.1, 0.15) is 11.3 Å². The molecule has 4 aromatic rings. The minimum absolute atomic E-state index is 0.124. The molecule has 0 bridgehead atoms. The predicted molar refractivity (Wildman–Crippen MR) is 104 cm³/mol. The van der Waals surface area contributed by atoms with Gasteiger partial charge in [-0.05, 0) is 47.5 Å². The lowest BCUT2D eigenvalue weighted by Crippen LogP contribution is -2.40. The number of pyridine rings is 1. The average molecular weight is 431 g/mol. The van der Waals surface area contributed by atoms with Crippen molar-refractivity contribution in [1.29, 1.82) is 0 Å². The summed E-state index contributed by atoms with van der Waals surface area (Å²) < 4.78 is 42.2. The van der Waals surface area contributed by atoms with Crippen LogP contribution in [0.15, 0.2) is 39.9 Å². The van der Waals surface area contributed by atoms with Crippen LogP contribution >= 0.6 is 0 Å². The number of aryl methyl sites for hydroxylation is 3. The Morgan fingerprint density at radius 3 is 2.35 bits per heavy atom. The lowest BCUT2D eigenvalue weighted by Gasteiger charge is -2.13. The number of hydrogen-bond donors (Lipinski definition) is 0. The van der Waals surface area contributed by atoms with E-state index in [4.69, 9.17) is 0 Å². The highest BCUT2D eigenvalue weighted by molar-refractivity contribution is 5.74. The SMILES string of the molecule is Cc1cccc(C)c1-n1nnnc1Cn1c(=O)c2ccc(C(F)(F)F)nc2n(C)c1=O. The normalized spacial score (nSPS) is 11.9. The second-order valence-corrected chi connectivity index (χ2v) is 7.05. The van der Waals surface area contributed by atoms with Crippen molar-refractivity contribution in [2.45, 2.75) is 26.6 Å². The Balaban J connectivity index is 1.88. The van der Waals surface area contributed by atoms with Crippen molar-refractivity contribution in [3.05, 3.63) is 73.8 Å². The third-order valence-corrected chi connectivity index (χ3v) is 4.96. The van der Waals surface area contributed by atoms with Gasteiger partial charge in [-0.15, -0.1) is 5.10 Å². The quantitative estimate of drug-likeness (QED) is 0.490. The van der Waals surface area contributed by atoms with Gasteiger partial charge >= 0.3 is 11.9 Å². The number of alkyl halides is 3. The zero-order valence-electron chi connectivity index (χ0n) is 16.7. The van der Waals surface area contributed by atoms with Crippen molar-refractivity contribution >= 4 is 11.0 Å². The minimum atomic E-state index is -4.70. The van der Waals surface area contributed by atoms with Gasteiger partial charge in [-0.25, -0.2) is 9.78 Å². The molecule has 1 aromatic carbocycles. The van der Waals surface area contributed by atoms with Crippen LogP contribution in [0.4, 0.5) is 13.2 Å². The molecule has 0 amide bonds. The Labute approximate surface area is 172 Å². The van der Waals surface area contributed by atoms with Crippen LogP contribution in [0.1, 0.15) is 22.6 Å². The van der Waals surface area contributed by atoms with E-state index < -0.39 is 23.1 Å². The van der Waals surface area contributed by atoms with Crippen LogP contribution in [0.3, 0.4) is 0 Å². The van der Waals surface area contributed by atoms with Gasteiger partial charge in [0.25, 0.3) is 5.56 Å². The van der Waals surface area contributed by atoms with E-state index in [0.717, 1.165) is 26.3 Å². The van der Waals surface area contributed by atoms with Crippen LogP contribution in [-0.2, 0) is 19.8 Å². The fourth-order valence-corrected chi connectivity index (χ4v) is 3.43. The molecule has 160 valence electrons. The molecule has 0 N–H and O–H groups in total. The van der Waals surface area contributed by atoms with Crippen molar-refractivity contribution in [3.63, 3.8) is 0 Å². The molecule has 0 fully saturated rings. The van der Waals surface area contributed by atoms with Crippen molar-refractivity contribution in [3.8, 4) is 5.69 Å². The van der Waals surface area contributed by atoms with E-state index in [1.807, 2.05) is 32.0 Å². The van der Waals surface area contributed by atoms with E-state index in [2.05, 4.69) is 20.5 Å². The van der Waals surface area contributed by atoms with E-state index in [1.54, 1.807) is 0 Å². The van der Waals surface area contributed by atoms with Crippen molar-refractivity contribution in [2.24, 2.45) is 7.05 Å². The molecule has 0 aliphatic heterocycles. The molecule has 3 heterocycles. The number of halogens is 3. The highest BCUT2D eigenvalue weighted by Gasteiger charge is 2.33. The summed E-state index contributed by atoms with van der Waals surface area (Å²) in [4.78, 5) is 29.2. The van der Waals surface area contributed by atoms with Gasteiger partial charge in [-0.3, -0.25) is 13.9 Å². The highest BCUT2D eigenvalue weighted by atomic mass is 19.4. The lowest BCUT2D eigenvalue weighted by molar-refractivity contribution is -0.141. The van der Waals surface area contributed by atoms with Gasteiger partial charge in [0.2, 0.25) is 0 Å². The number of nitrogens with zero attached hydrogens (tertiary/aromatic N) is 7. The second-order valence-electron chi connectivity index (χ2n) is 7.05. The number of rotatable bonds is 3. The predicted octanol–water partition coefficient (Wildman–Crippen LogP) is 1.75. The van der Waals surface area contributed by atoms with E-state index in [9.17, 15) is 22.8 Å². The Morgan fingerprint density at radius 1 is 1.03 bits per heavy atom. The molecule has 0 aliphatic rings. The Bertz CT molecular complexity index is 1410. The molecule has 4 rings (SSSR count). The standard InChI is InChI=1S/C19H16F3N7O2/c1-10-5-4-6-11(2)15(10)29-14(24-25-26-29)9-28-17(30)12-7-8-13(19(20,21)22)23-16(12)27(3)18(28)31/h4-8H,9H2,1-3H3. The Hall–Kier alpha value is -3.83. The summed E-state index contributed by atoms with van der Waals surface area (Å²) >= 11 is 0. The largest absolute Gasteiger partial charge is 0.433 e. The maximum absolute atomic E-state index is 13.0. The van der Waals surface area contributed by atoms with Crippen LogP contribution in [-0.4, -0.2) is 34.3 Å². The first-order chi connectivity index (χ1) is 14.6. The lowest BCUT2D eigenvalue weighted by atomic mass is 10.1. The summed E-state index contributed by atoms with van der Waals surface area (Å²) in [6.45, 7) is 3.47. The molecule has 31 heavy (non-hydrogen) atoms. The average Bonchev–Trinajstić information content (AvgIpc) is 3.16. The zero-order valence-corrected chi connectivity index (χ0v) is 16.7. The molecule has 3 aromatic heterocycles. The van der Waals surface area contributed by atoms with E-state index in [1.165, 1.54) is 11.7 Å². The molecule has 0 saturated carbocycles. The van der Waals surface area contributed by atoms with E-state index >= 15 is 0 Å². The number of fused-ring (bicyclic) bond motifs is 1. The monoisotopic (exact) mass is 431 g/mol. The van der Waals surface area contributed by atoms with Crippen molar-refractivity contribution < 1.29 is 13.2 Å². The fraction of sp³-hybridized carbons (Fsp3) is 0.263. The summed E-state index contributed by atoms with van der Waals surface area (Å²) in [5, 5.41) is 11.5. The molecule has 12 heteroatoms. The van der Waals surface area contributed by atoms with E-state index in [0.29, 0.717) is 11.8 Å². The van der Waals surface area contributed by atoms with Crippen LogP contribution < -0.4 is 11.2 Å². The van der Waals surface area contributed by atoms with Gasteiger partial charge in [-0.1, -0.05) is 18.2 Å². The van der Waals surface area contributed by atoms with Crippen LogP contribution in [0.25, 0.3) is 16.7 Å². The van der Waals surface area contributed by atoms with Gasteiger partial charge in [0.15, 0.2) is 5.82 Å².